The Labute approximate surface area is 148 Å². The molecule has 2 N–H and O–H groups in total. The van der Waals surface area contributed by atoms with Gasteiger partial charge in [0.15, 0.2) is 0 Å². The van der Waals surface area contributed by atoms with Crippen LogP contribution in [0.2, 0.25) is 0 Å². The van der Waals surface area contributed by atoms with E-state index in [2.05, 4.69) is 26.8 Å². The topological polar surface area (TPSA) is 58.2 Å². The zero-order valence-corrected chi connectivity index (χ0v) is 15.0. The van der Waals surface area contributed by atoms with Gasteiger partial charge in [-0.15, -0.1) is 11.8 Å². The summed E-state index contributed by atoms with van der Waals surface area (Å²) in [5.41, 5.74) is 6.92. The minimum Gasteiger partial charge on any atom is -0.273 e. The molecule has 0 bridgehead atoms. The molecule has 2 aromatic carbocycles. The van der Waals surface area contributed by atoms with Crippen LogP contribution in [0, 0.1) is 6.92 Å². The van der Waals surface area contributed by atoms with Crippen molar-refractivity contribution in [1.29, 1.82) is 0 Å². The van der Waals surface area contributed by atoms with Gasteiger partial charge in [-0.05, 0) is 36.8 Å². The van der Waals surface area contributed by atoms with Gasteiger partial charge < -0.3 is 0 Å². The first-order chi connectivity index (χ1) is 11.0. The van der Waals surface area contributed by atoms with Crippen molar-refractivity contribution < 1.29 is 9.59 Å². The van der Waals surface area contributed by atoms with Crippen LogP contribution >= 0.6 is 27.7 Å². The molecule has 0 aromatic heterocycles. The summed E-state index contributed by atoms with van der Waals surface area (Å²) in [6.45, 7) is 2.02. The highest BCUT2D eigenvalue weighted by atomic mass is 79.9. The standard InChI is InChI=1S/C17H17BrN2O2S/c1-12-2-8-15(9-3-12)23-11-17(22)20-19-16(21)10-13-4-6-14(18)7-5-13/h2-9H,10-11H2,1H3,(H,19,21)(H,20,22). The predicted octanol–water partition coefficient (Wildman–Crippen LogP) is 3.24. The first kappa shape index (κ1) is 17.6. The largest absolute Gasteiger partial charge is 0.273 e. The summed E-state index contributed by atoms with van der Waals surface area (Å²) in [6, 6.07) is 15.4. The van der Waals surface area contributed by atoms with Crippen molar-refractivity contribution in [3.63, 3.8) is 0 Å². The number of hydrogen-bond acceptors (Lipinski definition) is 3. The van der Waals surface area contributed by atoms with Gasteiger partial charge in [0.2, 0.25) is 11.8 Å². The fourth-order valence-corrected chi connectivity index (χ4v) is 2.75. The second-order valence-corrected chi connectivity index (χ2v) is 6.97. The molecule has 0 saturated heterocycles. The van der Waals surface area contributed by atoms with Gasteiger partial charge in [0.1, 0.15) is 0 Å². The van der Waals surface area contributed by atoms with E-state index in [-0.39, 0.29) is 24.0 Å². The van der Waals surface area contributed by atoms with Gasteiger partial charge in [-0.1, -0.05) is 45.8 Å². The van der Waals surface area contributed by atoms with Crippen LogP contribution in [0.1, 0.15) is 11.1 Å². The lowest BCUT2D eigenvalue weighted by Crippen LogP contribution is -2.43. The van der Waals surface area contributed by atoms with Gasteiger partial charge in [0, 0.05) is 9.37 Å². The van der Waals surface area contributed by atoms with Crippen LogP contribution in [-0.2, 0) is 16.0 Å². The maximum absolute atomic E-state index is 11.8. The first-order valence-corrected chi connectivity index (χ1v) is 8.82. The molecule has 0 fully saturated rings. The average Bonchev–Trinajstić information content (AvgIpc) is 2.54. The number of nitrogens with one attached hydrogen (secondary N) is 2. The van der Waals surface area contributed by atoms with Crippen LogP contribution in [0.4, 0.5) is 0 Å². The Morgan fingerprint density at radius 1 is 0.957 bits per heavy atom. The number of thioether (sulfide) groups is 1. The van der Waals surface area contributed by atoms with Crippen molar-refractivity contribution in [2.75, 3.05) is 5.75 Å². The number of carbonyl (C=O) groups is 2. The molecule has 2 aromatic rings. The van der Waals surface area contributed by atoms with E-state index in [0.717, 1.165) is 14.9 Å². The Bertz CT molecular complexity index is 672. The molecular formula is C17H17BrN2O2S. The quantitative estimate of drug-likeness (QED) is 0.606. The molecule has 0 saturated carbocycles. The summed E-state index contributed by atoms with van der Waals surface area (Å²) in [5.74, 6) is -0.234. The second kappa shape index (κ2) is 8.74. The van der Waals surface area contributed by atoms with E-state index in [1.54, 1.807) is 0 Å². The maximum atomic E-state index is 11.8. The molecule has 0 spiro atoms. The van der Waals surface area contributed by atoms with Crippen molar-refractivity contribution in [3.8, 4) is 0 Å². The van der Waals surface area contributed by atoms with Crippen molar-refractivity contribution in [2.45, 2.75) is 18.2 Å². The van der Waals surface area contributed by atoms with Gasteiger partial charge in [-0.25, -0.2) is 0 Å². The average molecular weight is 393 g/mol. The van der Waals surface area contributed by atoms with Gasteiger partial charge in [-0.2, -0.15) is 0 Å². The van der Waals surface area contributed by atoms with E-state index >= 15 is 0 Å². The molecule has 0 aliphatic heterocycles. The predicted molar refractivity (Wildman–Crippen MR) is 96.0 cm³/mol. The van der Waals surface area contributed by atoms with E-state index in [0.29, 0.717) is 0 Å². The third-order valence-corrected chi connectivity index (χ3v) is 4.55. The zero-order chi connectivity index (χ0) is 16.7. The minimum absolute atomic E-state index is 0.221. The van der Waals surface area contributed by atoms with Crippen LogP contribution in [0.5, 0.6) is 0 Å². The van der Waals surface area contributed by atoms with Gasteiger partial charge in [0.05, 0.1) is 12.2 Å². The number of amides is 2. The highest BCUT2D eigenvalue weighted by Gasteiger charge is 2.06. The van der Waals surface area contributed by atoms with Crippen LogP contribution < -0.4 is 10.9 Å². The summed E-state index contributed by atoms with van der Waals surface area (Å²) in [4.78, 5) is 24.5. The SMILES string of the molecule is Cc1ccc(SCC(=O)NNC(=O)Cc2ccc(Br)cc2)cc1. The summed E-state index contributed by atoms with van der Waals surface area (Å²) in [7, 11) is 0. The number of halogens is 1. The first-order valence-electron chi connectivity index (χ1n) is 7.04. The second-order valence-electron chi connectivity index (χ2n) is 5.00. The van der Waals surface area contributed by atoms with Crippen LogP contribution in [-0.4, -0.2) is 17.6 Å². The van der Waals surface area contributed by atoms with Crippen LogP contribution in [0.15, 0.2) is 57.9 Å². The van der Waals surface area contributed by atoms with Crippen molar-refractivity contribution in [1.82, 2.24) is 10.9 Å². The van der Waals surface area contributed by atoms with E-state index in [9.17, 15) is 9.59 Å². The Morgan fingerprint density at radius 2 is 1.57 bits per heavy atom. The molecule has 0 atom stereocenters. The summed E-state index contributed by atoms with van der Waals surface area (Å²) < 4.78 is 0.961. The number of carbonyl (C=O) groups excluding carboxylic acids is 2. The maximum Gasteiger partial charge on any atom is 0.248 e. The lowest BCUT2D eigenvalue weighted by molar-refractivity contribution is -0.127. The third-order valence-electron chi connectivity index (χ3n) is 3.01. The summed E-state index contributed by atoms with van der Waals surface area (Å²) >= 11 is 4.77. The number of hydrazine groups is 1. The Hall–Kier alpha value is -1.79. The van der Waals surface area contributed by atoms with Gasteiger partial charge >= 0.3 is 0 Å². The van der Waals surface area contributed by atoms with Gasteiger partial charge in [0.25, 0.3) is 0 Å². The van der Waals surface area contributed by atoms with E-state index in [4.69, 9.17) is 0 Å². The smallest absolute Gasteiger partial charge is 0.248 e. The van der Waals surface area contributed by atoms with Crippen molar-refractivity contribution in [3.05, 3.63) is 64.1 Å². The monoisotopic (exact) mass is 392 g/mol. The van der Waals surface area contributed by atoms with Crippen LogP contribution in [0.25, 0.3) is 0 Å². The van der Waals surface area contributed by atoms with E-state index in [1.165, 1.54) is 17.3 Å². The fourth-order valence-electron chi connectivity index (χ4n) is 1.79. The van der Waals surface area contributed by atoms with Crippen molar-refractivity contribution in [2.24, 2.45) is 0 Å². The summed E-state index contributed by atoms with van der Waals surface area (Å²) in [5, 5.41) is 0. The number of benzene rings is 2. The Morgan fingerprint density at radius 3 is 2.22 bits per heavy atom. The molecule has 0 unspecified atom stereocenters. The van der Waals surface area contributed by atoms with Gasteiger partial charge in [-0.3, -0.25) is 20.4 Å². The third kappa shape index (κ3) is 6.46. The molecule has 2 amide bonds. The number of hydrogen-bond donors (Lipinski definition) is 2. The number of aryl methyl sites for hydroxylation is 1. The molecular weight excluding hydrogens is 376 g/mol. The fraction of sp³-hybridized carbons (Fsp3) is 0.176. The van der Waals surface area contributed by atoms with Crippen LogP contribution in [0.3, 0.4) is 0 Å². The minimum atomic E-state index is -0.249. The van der Waals surface area contributed by atoms with E-state index in [1.807, 2.05) is 55.5 Å². The number of rotatable bonds is 5. The van der Waals surface area contributed by atoms with Crippen molar-refractivity contribution >= 4 is 39.5 Å². The Balaban J connectivity index is 1.70. The summed E-state index contributed by atoms with van der Waals surface area (Å²) in [6.07, 6.45) is 0.221. The molecule has 0 aliphatic carbocycles. The molecule has 6 heteroatoms. The molecule has 120 valence electrons. The lowest BCUT2D eigenvalue weighted by Gasteiger charge is -2.07. The normalized spacial score (nSPS) is 10.2. The molecule has 2 rings (SSSR count). The molecule has 0 radical (unpaired) electrons. The molecule has 23 heavy (non-hydrogen) atoms. The molecule has 0 heterocycles. The lowest BCUT2D eigenvalue weighted by atomic mass is 10.1. The highest BCUT2D eigenvalue weighted by molar-refractivity contribution is 9.10. The highest BCUT2D eigenvalue weighted by Crippen LogP contribution is 2.17. The zero-order valence-electron chi connectivity index (χ0n) is 12.6. The molecule has 4 nitrogen and oxygen atoms in total. The van der Waals surface area contributed by atoms with E-state index < -0.39 is 0 Å². The Kier molecular flexibility index (Phi) is 6.67. The molecule has 0 aliphatic rings.